The Labute approximate surface area is 197 Å². The van der Waals surface area contributed by atoms with E-state index in [2.05, 4.69) is 31.1 Å². The van der Waals surface area contributed by atoms with Gasteiger partial charge in [0.2, 0.25) is 11.8 Å². The van der Waals surface area contributed by atoms with E-state index >= 15 is 0 Å². The first-order valence-electron chi connectivity index (χ1n) is 10.3. The van der Waals surface area contributed by atoms with E-state index < -0.39 is 23.8 Å². The highest BCUT2D eigenvalue weighted by Gasteiger charge is 2.22. The highest BCUT2D eigenvalue weighted by atomic mass is 16.4. The Morgan fingerprint density at radius 1 is 0.765 bits per heavy atom. The number of nitrogens with one attached hydrogen (secondary N) is 2. The minimum absolute atomic E-state index is 0.267. The zero-order valence-electron chi connectivity index (χ0n) is 18.9. The van der Waals surface area contributed by atoms with Gasteiger partial charge in [-0.2, -0.15) is 0 Å². The number of rotatable bonds is 10. The van der Waals surface area contributed by atoms with E-state index in [9.17, 15) is 19.2 Å². The highest BCUT2D eigenvalue weighted by Crippen LogP contribution is 2.34. The molecule has 8 nitrogen and oxygen atoms in total. The molecule has 2 aromatic carbocycles. The van der Waals surface area contributed by atoms with E-state index in [1.807, 2.05) is 24.3 Å². The van der Waals surface area contributed by atoms with Gasteiger partial charge in [0.1, 0.15) is 0 Å². The Morgan fingerprint density at radius 3 is 1.59 bits per heavy atom. The minimum atomic E-state index is -1.20. The normalized spacial score (nSPS) is 11.4. The molecule has 0 atom stereocenters. The molecular formula is C26H26N2O6. The van der Waals surface area contributed by atoms with Crippen molar-refractivity contribution < 1.29 is 29.4 Å². The number of carboxylic acids is 2. The monoisotopic (exact) mass is 462 g/mol. The molecule has 0 bridgehead atoms. The molecular weight excluding hydrogens is 436 g/mol. The smallest absolute Gasteiger partial charge is 0.328 e. The van der Waals surface area contributed by atoms with Gasteiger partial charge in [0.25, 0.3) is 0 Å². The third-order valence-corrected chi connectivity index (χ3v) is 4.90. The third kappa shape index (κ3) is 8.23. The van der Waals surface area contributed by atoms with Crippen LogP contribution in [0.3, 0.4) is 0 Å². The van der Waals surface area contributed by atoms with Gasteiger partial charge >= 0.3 is 11.9 Å². The summed E-state index contributed by atoms with van der Waals surface area (Å²) in [5.74, 6) is -3.45. The first-order valence-corrected chi connectivity index (χ1v) is 10.3. The molecule has 0 saturated carbocycles. The molecule has 0 heterocycles. The van der Waals surface area contributed by atoms with Crippen LogP contribution in [0.5, 0.6) is 0 Å². The fourth-order valence-electron chi connectivity index (χ4n) is 3.19. The Kier molecular flexibility index (Phi) is 8.66. The Balaban J connectivity index is 2.00. The van der Waals surface area contributed by atoms with Gasteiger partial charge in [-0.25, -0.2) is 9.59 Å². The van der Waals surface area contributed by atoms with Gasteiger partial charge < -0.3 is 20.8 Å². The van der Waals surface area contributed by atoms with E-state index in [-0.39, 0.29) is 5.41 Å². The van der Waals surface area contributed by atoms with Crippen molar-refractivity contribution in [2.24, 2.45) is 0 Å². The van der Waals surface area contributed by atoms with Gasteiger partial charge in [-0.1, -0.05) is 44.7 Å². The van der Waals surface area contributed by atoms with Gasteiger partial charge in [-0.05, 0) is 52.8 Å². The second-order valence-corrected chi connectivity index (χ2v) is 8.14. The lowest BCUT2D eigenvalue weighted by Crippen LogP contribution is -2.18. The number of hydrogen-bond acceptors (Lipinski definition) is 4. The molecule has 34 heavy (non-hydrogen) atoms. The van der Waals surface area contributed by atoms with Crippen LogP contribution in [0.2, 0.25) is 0 Å². The second-order valence-electron chi connectivity index (χ2n) is 8.14. The van der Waals surface area contributed by atoms with Crippen molar-refractivity contribution in [3.63, 3.8) is 0 Å². The van der Waals surface area contributed by atoms with E-state index in [4.69, 9.17) is 10.2 Å². The summed E-state index contributed by atoms with van der Waals surface area (Å²) in [5.41, 5.74) is 3.64. The van der Waals surface area contributed by atoms with E-state index in [1.54, 1.807) is 24.3 Å². The van der Waals surface area contributed by atoms with Crippen molar-refractivity contribution in [1.82, 2.24) is 0 Å². The maximum Gasteiger partial charge on any atom is 0.328 e. The summed E-state index contributed by atoms with van der Waals surface area (Å²) in [5, 5.41) is 22.3. The number of carboxylic acid groups (broad SMARTS) is 2. The van der Waals surface area contributed by atoms with Crippen molar-refractivity contribution >= 4 is 40.7 Å². The summed E-state index contributed by atoms with van der Waals surface area (Å²) in [6, 6.07) is 14.4. The SMILES string of the molecule is C=C(CC(C)(C)c1ccc(NC(=O)C=CC(=O)O)cc1)c1ccc(NC(=O)C=CC(=O)O)cc1. The summed E-state index contributed by atoms with van der Waals surface area (Å²) >= 11 is 0. The largest absolute Gasteiger partial charge is 0.478 e. The second kappa shape index (κ2) is 11.4. The Hall–Kier alpha value is -4.46. The number of amides is 2. The zero-order valence-corrected chi connectivity index (χ0v) is 18.9. The van der Waals surface area contributed by atoms with E-state index in [0.29, 0.717) is 17.8 Å². The van der Waals surface area contributed by atoms with Gasteiger partial charge in [-0.15, -0.1) is 0 Å². The van der Waals surface area contributed by atoms with Crippen molar-refractivity contribution in [3.05, 3.63) is 90.5 Å². The molecule has 0 saturated heterocycles. The molecule has 2 amide bonds. The molecule has 2 aromatic rings. The number of hydrogen-bond donors (Lipinski definition) is 4. The maximum absolute atomic E-state index is 11.7. The van der Waals surface area contributed by atoms with Crippen LogP contribution >= 0.6 is 0 Å². The van der Waals surface area contributed by atoms with Gasteiger partial charge in [-0.3, -0.25) is 9.59 Å². The molecule has 4 N–H and O–H groups in total. The van der Waals surface area contributed by atoms with Crippen LogP contribution < -0.4 is 10.6 Å². The van der Waals surface area contributed by atoms with Gasteiger partial charge in [0.15, 0.2) is 0 Å². The number of anilines is 2. The molecule has 0 unspecified atom stereocenters. The van der Waals surface area contributed by atoms with Gasteiger partial charge in [0.05, 0.1) is 0 Å². The fourth-order valence-corrected chi connectivity index (χ4v) is 3.19. The zero-order chi connectivity index (χ0) is 25.3. The standard InChI is InChI=1S/C26H26N2O6/c1-17(18-4-8-20(9-5-18)27-22(29)12-14-24(31)32)16-26(2,3)19-6-10-21(11-7-19)28-23(30)13-15-25(33)34/h4-15H,1,16H2,2-3H3,(H,27,29)(H,28,30)(H,31,32)(H,33,34). The number of benzene rings is 2. The summed E-state index contributed by atoms with van der Waals surface area (Å²) in [4.78, 5) is 44.4. The van der Waals surface area contributed by atoms with Crippen LogP contribution in [0.1, 0.15) is 31.4 Å². The van der Waals surface area contributed by atoms with Crippen LogP contribution in [0.4, 0.5) is 11.4 Å². The predicted molar refractivity (Wildman–Crippen MR) is 130 cm³/mol. The fraction of sp³-hybridized carbons (Fsp3) is 0.154. The van der Waals surface area contributed by atoms with Crippen LogP contribution in [0.15, 0.2) is 79.4 Å². The molecule has 0 spiro atoms. The molecule has 2 rings (SSSR count). The molecule has 0 aliphatic rings. The summed E-state index contributed by atoms with van der Waals surface area (Å²) < 4.78 is 0. The molecule has 0 radical (unpaired) electrons. The first kappa shape index (κ1) is 25.8. The molecule has 0 aromatic heterocycles. The lowest BCUT2D eigenvalue weighted by molar-refractivity contribution is -0.132. The van der Waals surface area contributed by atoms with Crippen molar-refractivity contribution in [2.45, 2.75) is 25.7 Å². The van der Waals surface area contributed by atoms with E-state index in [0.717, 1.165) is 41.0 Å². The lowest BCUT2D eigenvalue weighted by atomic mass is 9.78. The predicted octanol–water partition coefficient (Wildman–Crippen LogP) is 4.23. The number of aliphatic carboxylic acids is 2. The van der Waals surface area contributed by atoms with Crippen molar-refractivity contribution in [1.29, 1.82) is 0 Å². The van der Waals surface area contributed by atoms with Gasteiger partial charge in [0, 0.05) is 35.7 Å². The molecule has 176 valence electrons. The first-order chi connectivity index (χ1) is 16.0. The average Bonchev–Trinajstić information content (AvgIpc) is 2.77. The number of allylic oxidation sites excluding steroid dienone is 1. The van der Waals surface area contributed by atoms with Crippen molar-refractivity contribution in [3.8, 4) is 0 Å². The molecule has 0 fully saturated rings. The Morgan fingerprint density at radius 2 is 1.18 bits per heavy atom. The van der Waals surface area contributed by atoms with Crippen LogP contribution in [-0.4, -0.2) is 34.0 Å². The number of carbonyl (C=O) groups excluding carboxylic acids is 2. The highest BCUT2D eigenvalue weighted by molar-refractivity contribution is 6.03. The third-order valence-electron chi connectivity index (χ3n) is 4.90. The van der Waals surface area contributed by atoms with E-state index in [1.165, 1.54) is 0 Å². The quantitative estimate of drug-likeness (QED) is 0.391. The summed E-state index contributed by atoms with van der Waals surface area (Å²) in [6.45, 7) is 8.34. The molecule has 0 aliphatic carbocycles. The summed E-state index contributed by atoms with van der Waals surface area (Å²) in [6.07, 6.45) is 4.09. The van der Waals surface area contributed by atoms with Crippen LogP contribution in [0, 0.1) is 0 Å². The lowest BCUT2D eigenvalue weighted by Gasteiger charge is -2.27. The number of carbonyl (C=O) groups is 4. The maximum atomic E-state index is 11.7. The molecule has 0 aliphatic heterocycles. The minimum Gasteiger partial charge on any atom is -0.478 e. The molecule has 8 heteroatoms. The topological polar surface area (TPSA) is 133 Å². The van der Waals surface area contributed by atoms with Crippen molar-refractivity contribution in [2.75, 3.05) is 10.6 Å². The summed E-state index contributed by atoms with van der Waals surface area (Å²) in [7, 11) is 0. The average molecular weight is 463 g/mol. The van der Waals surface area contributed by atoms with Crippen LogP contribution in [-0.2, 0) is 24.6 Å². The van der Waals surface area contributed by atoms with Crippen LogP contribution in [0.25, 0.3) is 5.57 Å². The Bertz CT molecular complexity index is 1140.